The zero-order valence-corrected chi connectivity index (χ0v) is 9.34. The predicted molar refractivity (Wildman–Crippen MR) is 64.8 cm³/mol. The van der Waals surface area contributed by atoms with E-state index < -0.39 is 0 Å². The van der Waals surface area contributed by atoms with E-state index in [-0.39, 0.29) is 6.04 Å². The van der Waals surface area contributed by atoms with Crippen LogP contribution in [0, 0.1) is 12.3 Å². The molecule has 0 radical (unpaired) electrons. The molecular weight excluding hydrogens is 204 g/mol. The molecule has 2 nitrogen and oxygen atoms in total. The number of aromatic nitrogens is 1. The van der Waals surface area contributed by atoms with E-state index in [2.05, 4.69) is 22.3 Å². The molecule has 0 fully saturated rings. The Morgan fingerprint density at radius 3 is 3.07 bits per heavy atom. The van der Waals surface area contributed by atoms with Crippen molar-refractivity contribution >= 4 is 21.6 Å². The number of hydrogen-bond acceptors (Lipinski definition) is 3. The first-order valence-corrected chi connectivity index (χ1v) is 5.65. The first-order chi connectivity index (χ1) is 7.29. The summed E-state index contributed by atoms with van der Waals surface area (Å²) in [4.78, 5) is 4.51. The average Bonchev–Trinajstić information content (AvgIpc) is 2.68. The second kappa shape index (κ2) is 4.43. The van der Waals surface area contributed by atoms with Crippen molar-refractivity contribution in [1.29, 1.82) is 0 Å². The minimum Gasteiger partial charge on any atom is -0.297 e. The standard InChI is InChI=1S/C12H12N2S/c1-3-9(2)13-8-12-14-10-6-4-5-7-11(10)15-12/h1,4-7,9,13H,8H2,2H3. The third-order valence-corrected chi connectivity index (χ3v) is 3.18. The summed E-state index contributed by atoms with van der Waals surface area (Å²) in [5.74, 6) is 2.63. The molecule has 2 aromatic rings. The second-order valence-electron chi connectivity index (χ2n) is 3.34. The van der Waals surface area contributed by atoms with Crippen LogP contribution >= 0.6 is 11.3 Å². The molecule has 0 spiro atoms. The number of terminal acetylenes is 1. The van der Waals surface area contributed by atoms with Gasteiger partial charge in [-0.3, -0.25) is 5.32 Å². The molecule has 3 heteroatoms. The zero-order chi connectivity index (χ0) is 10.7. The highest BCUT2D eigenvalue weighted by molar-refractivity contribution is 7.18. The van der Waals surface area contributed by atoms with E-state index in [1.807, 2.05) is 25.1 Å². The molecule has 2 rings (SSSR count). The first-order valence-electron chi connectivity index (χ1n) is 4.83. The van der Waals surface area contributed by atoms with Gasteiger partial charge in [0, 0.05) is 6.54 Å². The molecule has 0 saturated heterocycles. The normalized spacial score (nSPS) is 12.5. The Hall–Kier alpha value is -1.37. The Labute approximate surface area is 93.3 Å². The van der Waals surface area contributed by atoms with Crippen molar-refractivity contribution in [1.82, 2.24) is 10.3 Å². The van der Waals surface area contributed by atoms with Crippen LogP contribution < -0.4 is 5.32 Å². The molecule has 1 atom stereocenters. The highest BCUT2D eigenvalue weighted by atomic mass is 32.1. The highest BCUT2D eigenvalue weighted by Crippen LogP contribution is 2.21. The highest BCUT2D eigenvalue weighted by Gasteiger charge is 2.03. The maximum Gasteiger partial charge on any atom is 0.108 e. The molecule has 1 N–H and O–H groups in total. The van der Waals surface area contributed by atoms with Gasteiger partial charge >= 0.3 is 0 Å². The van der Waals surface area contributed by atoms with Crippen molar-refractivity contribution in [2.24, 2.45) is 0 Å². The molecule has 1 aromatic carbocycles. The van der Waals surface area contributed by atoms with Gasteiger partial charge in [0.1, 0.15) is 5.01 Å². The Morgan fingerprint density at radius 2 is 2.33 bits per heavy atom. The van der Waals surface area contributed by atoms with E-state index in [1.165, 1.54) is 4.70 Å². The Bertz CT molecular complexity index is 463. The van der Waals surface area contributed by atoms with Crippen LogP contribution in [-0.4, -0.2) is 11.0 Å². The molecular formula is C12H12N2S. The lowest BCUT2D eigenvalue weighted by Crippen LogP contribution is -2.23. The number of nitrogens with zero attached hydrogens (tertiary/aromatic N) is 1. The third kappa shape index (κ3) is 2.35. The van der Waals surface area contributed by atoms with E-state index in [0.29, 0.717) is 0 Å². The van der Waals surface area contributed by atoms with Crippen molar-refractivity contribution in [3.63, 3.8) is 0 Å². The van der Waals surface area contributed by atoms with Gasteiger partial charge in [-0.05, 0) is 19.1 Å². The van der Waals surface area contributed by atoms with Crippen LogP contribution in [0.15, 0.2) is 24.3 Å². The maximum absolute atomic E-state index is 5.28. The number of para-hydroxylation sites is 1. The van der Waals surface area contributed by atoms with Gasteiger partial charge < -0.3 is 0 Å². The van der Waals surface area contributed by atoms with Crippen LogP contribution in [0.4, 0.5) is 0 Å². The summed E-state index contributed by atoms with van der Waals surface area (Å²) in [5, 5.41) is 4.30. The fourth-order valence-corrected chi connectivity index (χ4v) is 2.21. The molecule has 1 heterocycles. The van der Waals surface area contributed by atoms with Crippen molar-refractivity contribution in [2.45, 2.75) is 19.5 Å². The number of fused-ring (bicyclic) bond motifs is 1. The zero-order valence-electron chi connectivity index (χ0n) is 8.53. The van der Waals surface area contributed by atoms with Crippen LogP contribution in [0.2, 0.25) is 0 Å². The summed E-state index contributed by atoms with van der Waals surface area (Å²) in [6, 6.07) is 8.24. The predicted octanol–water partition coefficient (Wildman–Crippen LogP) is 2.41. The number of benzene rings is 1. The summed E-state index contributed by atoms with van der Waals surface area (Å²) >= 11 is 1.71. The molecule has 0 aliphatic heterocycles. The molecule has 1 aromatic heterocycles. The van der Waals surface area contributed by atoms with Crippen LogP contribution in [0.1, 0.15) is 11.9 Å². The van der Waals surface area contributed by atoms with Crippen LogP contribution in [-0.2, 0) is 6.54 Å². The second-order valence-corrected chi connectivity index (χ2v) is 4.46. The van der Waals surface area contributed by atoms with Gasteiger partial charge in [0.25, 0.3) is 0 Å². The van der Waals surface area contributed by atoms with Gasteiger partial charge in [-0.2, -0.15) is 0 Å². The lowest BCUT2D eigenvalue weighted by molar-refractivity contribution is 0.646. The van der Waals surface area contributed by atoms with Crippen LogP contribution in [0.3, 0.4) is 0 Å². The Balaban J connectivity index is 2.13. The van der Waals surface area contributed by atoms with E-state index in [9.17, 15) is 0 Å². The summed E-state index contributed by atoms with van der Waals surface area (Å²) in [6.07, 6.45) is 5.28. The average molecular weight is 216 g/mol. The van der Waals surface area contributed by atoms with Gasteiger partial charge in [0.15, 0.2) is 0 Å². The van der Waals surface area contributed by atoms with Crippen molar-refractivity contribution in [3.05, 3.63) is 29.3 Å². The molecule has 0 amide bonds. The number of rotatable bonds is 3. The smallest absolute Gasteiger partial charge is 0.108 e. The SMILES string of the molecule is C#CC(C)NCc1nc2ccccc2s1. The quantitative estimate of drug-likeness (QED) is 0.797. The third-order valence-electron chi connectivity index (χ3n) is 2.15. The summed E-state index contributed by atoms with van der Waals surface area (Å²) in [5.41, 5.74) is 1.06. The van der Waals surface area contributed by atoms with Crippen molar-refractivity contribution in [2.75, 3.05) is 0 Å². The maximum atomic E-state index is 5.28. The van der Waals surface area contributed by atoms with Crippen LogP contribution in [0.25, 0.3) is 10.2 Å². The topological polar surface area (TPSA) is 24.9 Å². The lowest BCUT2D eigenvalue weighted by Gasteiger charge is -2.03. The van der Waals surface area contributed by atoms with Crippen LogP contribution in [0.5, 0.6) is 0 Å². The number of nitrogens with one attached hydrogen (secondary N) is 1. The van der Waals surface area contributed by atoms with E-state index >= 15 is 0 Å². The van der Waals surface area contributed by atoms with Gasteiger partial charge in [-0.15, -0.1) is 17.8 Å². The summed E-state index contributed by atoms with van der Waals surface area (Å²) in [7, 11) is 0. The minimum absolute atomic E-state index is 0.0945. The molecule has 15 heavy (non-hydrogen) atoms. The molecule has 0 aliphatic rings. The van der Waals surface area contributed by atoms with E-state index in [0.717, 1.165) is 17.1 Å². The first kappa shape index (κ1) is 10.2. The monoisotopic (exact) mass is 216 g/mol. The molecule has 0 saturated carbocycles. The van der Waals surface area contributed by atoms with Crippen molar-refractivity contribution < 1.29 is 0 Å². The van der Waals surface area contributed by atoms with Gasteiger partial charge in [-0.25, -0.2) is 4.98 Å². The van der Waals surface area contributed by atoms with Crippen molar-refractivity contribution in [3.8, 4) is 12.3 Å². The van der Waals surface area contributed by atoms with E-state index in [1.54, 1.807) is 11.3 Å². The molecule has 1 unspecified atom stereocenters. The Morgan fingerprint density at radius 1 is 1.53 bits per heavy atom. The molecule has 0 bridgehead atoms. The fourth-order valence-electron chi connectivity index (χ4n) is 1.29. The number of hydrogen-bond donors (Lipinski definition) is 1. The molecule has 0 aliphatic carbocycles. The minimum atomic E-state index is 0.0945. The Kier molecular flexibility index (Phi) is 3.00. The summed E-state index contributed by atoms with van der Waals surface area (Å²) < 4.78 is 1.22. The van der Waals surface area contributed by atoms with Gasteiger partial charge in [0.2, 0.25) is 0 Å². The number of thiazole rings is 1. The fraction of sp³-hybridized carbons (Fsp3) is 0.250. The summed E-state index contributed by atoms with van der Waals surface area (Å²) in [6.45, 7) is 2.71. The molecule has 76 valence electrons. The van der Waals surface area contributed by atoms with Gasteiger partial charge in [0.05, 0.1) is 16.3 Å². The van der Waals surface area contributed by atoms with Gasteiger partial charge in [-0.1, -0.05) is 18.1 Å². The largest absolute Gasteiger partial charge is 0.297 e. The lowest BCUT2D eigenvalue weighted by atomic mass is 10.3. The van der Waals surface area contributed by atoms with E-state index in [4.69, 9.17) is 6.42 Å².